The Morgan fingerprint density at radius 1 is 0.947 bits per heavy atom. The normalized spacial score (nSPS) is 9.68. The van der Waals surface area contributed by atoms with Crippen molar-refractivity contribution in [3.05, 3.63) is 78.5 Å². The average molecular weight is 247 g/mol. The van der Waals surface area contributed by atoms with E-state index in [9.17, 15) is 4.79 Å². The van der Waals surface area contributed by atoms with Crippen LogP contribution in [-0.4, -0.2) is 5.78 Å². The highest BCUT2D eigenvalue weighted by Gasteiger charge is 1.89. The lowest BCUT2D eigenvalue weighted by molar-refractivity contribution is -0.109. The number of para-hydroxylation sites is 1. The zero-order valence-electron chi connectivity index (χ0n) is 10.3. The Labute approximate surface area is 112 Å². The smallest absolute Gasteiger partial charge is 0.230 e. The SMILES string of the molecule is O=C(C#Cc1ccccc1)C=CNc1ccccc1. The van der Waals surface area contributed by atoms with Gasteiger partial charge < -0.3 is 5.32 Å². The third-order valence-electron chi connectivity index (χ3n) is 2.36. The first kappa shape index (κ1) is 12.7. The molecule has 2 rings (SSSR count). The van der Waals surface area contributed by atoms with Crippen molar-refractivity contribution in [1.82, 2.24) is 0 Å². The molecule has 0 aromatic heterocycles. The van der Waals surface area contributed by atoms with Crippen LogP contribution in [0.2, 0.25) is 0 Å². The number of hydrogen-bond acceptors (Lipinski definition) is 2. The fraction of sp³-hybridized carbons (Fsp3) is 0. The van der Waals surface area contributed by atoms with Crippen molar-refractivity contribution in [2.75, 3.05) is 5.32 Å². The van der Waals surface area contributed by atoms with Gasteiger partial charge in [-0.15, -0.1) is 0 Å². The molecule has 0 saturated heterocycles. The quantitative estimate of drug-likeness (QED) is 0.666. The summed E-state index contributed by atoms with van der Waals surface area (Å²) in [6.45, 7) is 0. The highest BCUT2D eigenvalue weighted by Crippen LogP contribution is 2.04. The van der Waals surface area contributed by atoms with Crippen LogP contribution in [0.15, 0.2) is 72.9 Å². The van der Waals surface area contributed by atoms with Gasteiger partial charge in [0.25, 0.3) is 0 Å². The Hall–Kier alpha value is -2.79. The minimum absolute atomic E-state index is 0.229. The fourth-order valence-corrected chi connectivity index (χ4v) is 1.44. The molecule has 2 aromatic rings. The van der Waals surface area contributed by atoms with E-state index in [0.717, 1.165) is 11.3 Å². The predicted octanol–water partition coefficient (Wildman–Crippen LogP) is 3.23. The molecular formula is C17H13NO. The Bertz CT molecular complexity index is 619. The monoisotopic (exact) mass is 247 g/mol. The first-order chi connectivity index (χ1) is 9.34. The fourth-order valence-electron chi connectivity index (χ4n) is 1.44. The summed E-state index contributed by atoms with van der Waals surface area (Å²) in [5.74, 6) is 5.15. The number of carbonyl (C=O) groups excluding carboxylic acids is 1. The van der Waals surface area contributed by atoms with Gasteiger partial charge in [-0.1, -0.05) is 42.3 Å². The minimum atomic E-state index is -0.229. The summed E-state index contributed by atoms with van der Waals surface area (Å²) in [6.07, 6.45) is 3.01. The maximum absolute atomic E-state index is 11.5. The molecule has 0 bridgehead atoms. The van der Waals surface area contributed by atoms with Crippen LogP contribution in [0.25, 0.3) is 0 Å². The lowest BCUT2D eigenvalue weighted by Gasteiger charge is -1.97. The summed E-state index contributed by atoms with van der Waals surface area (Å²) in [6, 6.07) is 19.1. The molecule has 2 aromatic carbocycles. The van der Waals surface area contributed by atoms with Gasteiger partial charge in [-0.05, 0) is 30.2 Å². The molecule has 92 valence electrons. The van der Waals surface area contributed by atoms with Crippen molar-refractivity contribution in [1.29, 1.82) is 0 Å². The molecule has 0 aliphatic heterocycles. The van der Waals surface area contributed by atoms with E-state index < -0.39 is 0 Å². The average Bonchev–Trinajstić information content (AvgIpc) is 2.47. The summed E-state index contributed by atoms with van der Waals surface area (Å²) >= 11 is 0. The lowest BCUT2D eigenvalue weighted by Crippen LogP contribution is -1.91. The van der Waals surface area contributed by atoms with Crippen molar-refractivity contribution in [2.24, 2.45) is 0 Å². The van der Waals surface area contributed by atoms with Crippen LogP contribution in [0, 0.1) is 11.8 Å². The number of rotatable bonds is 3. The van der Waals surface area contributed by atoms with Gasteiger partial charge in [-0.3, -0.25) is 4.79 Å². The molecule has 2 heteroatoms. The van der Waals surface area contributed by atoms with Gasteiger partial charge in [0.05, 0.1) is 0 Å². The Morgan fingerprint density at radius 2 is 1.58 bits per heavy atom. The van der Waals surface area contributed by atoms with Crippen molar-refractivity contribution in [2.45, 2.75) is 0 Å². The van der Waals surface area contributed by atoms with Crippen LogP contribution in [0.1, 0.15) is 5.56 Å². The standard InChI is InChI=1S/C17H13NO/c19-17(12-11-15-7-3-1-4-8-15)13-14-18-16-9-5-2-6-10-16/h1-10,13-14,18H. The number of nitrogens with one attached hydrogen (secondary N) is 1. The molecule has 0 heterocycles. The summed E-state index contributed by atoms with van der Waals surface area (Å²) in [4.78, 5) is 11.5. The van der Waals surface area contributed by atoms with E-state index in [-0.39, 0.29) is 5.78 Å². The highest BCUT2D eigenvalue weighted by atomic mass is 16.1. The molecule has 0 saturated carbocycles. The van der Waals surface area contributed by atoms with Gasteiger partial charge in [-0.25, -0.2) is 0 Å². The van der Waals surface area contributed by atoms with E-state index in [4.69, 9.17) is 0 Å². The molecule has 0 atom stereocenters. The molecule has 0 spiro atoms. The van der Waals surface area contributed by atoms with Crippen LogP contribution in [0.3, 0.4) is 0 Å². The van der Waals surface area contributed by atoms with E-state index in [1.54, 1.807) is 6.20 Å². The van der Waals surface area contributed by atoms with Gasteiger partial charge in [0.2, 0.25) is 5.78 Å². The Morgan fingerprint density at radius 3 is 2.26 bits per heavy atom. The number of benzene rings is 2. The highest BCUT2D eigenvalue weighted by molar-refractivity contribution is 6.04. The molecule has 0 radical (unpaired) electrons. The van der Waals surface area contributed by atoms with E-state index in [0.29, 0.717) is 0 Å². The number of ketones is 1. The van der Waals surface area contributed by atoms with E-state index >= 15 is 0 Å². The number of anilines is 1. The Kier molecular flexibility index (Phi) is 4.55. The third-order valence-corrected chi connectivity index (χ3v) is 2.36. The summed E-state index contributed by atoms with van der Waals surface area (Å²) in [7, 11) is 0. The topological polar surface area (TPSA) is 29.1 Å². The van der Waals surface area contributed by atoms with Gasteiger partial charge in [-0.2, -0.15) is 0 Å². The van der Waals surface area contributed by atoms with Gasteiger partial charge in [0.15, 0.2) is 0 Å². The summed E-state index contributed by atoms with van der Waals surface area (Å²) in [5.41, 5.74) is 1.77. The Balaban J connectivity index is 1.90. The first-order valence-corrected chi connectivity index (χ1v) is 5.94. The van der Waals surface area contributed by atoms with Crippen molar-refractivity contribution in [3.8, 4) is 11.8 Å². The molecular weight excluding hydrogens is 234 g/mol. The molecule has 0 unspecified atom stereocenters. The van der Waals surface area contributed by atoms with E-state index in [1.807, 2.05) is 60.7 Å². The summed E-state index contributed by atoms with van der Waals surface area (Å²) in [5, 5.41) is 3.00. The summed E-state index contributed by atoms with van der Waals surface area (Å²) < 4.78 is 0. The van der Waals surface area contributed by atoms with Crippen molar-refractivity contribution >= 4 is 11.5 Å². The maximum atomic E-state index is 11.5. The second-order valence-corrected chi connectivity index (χ2v) is 3.82. The second kappa shape index (κ2) is 6.83. The molecule has 19 heavy (non-hydrogen) atoms. The van der Waals surface area contributed by atoms with Crippen LogP contribution in [-0.2, 0) is 4.79 Å². The molecule has 0 aliphatic rings. The lowest BCUT2D eigenvalue weighted by atomic mass is 10.2. The second-order valence-electron chi connectivity index (χ2n) is 3.82. The third kappa shape index (κ3) is 4.53. The molecule has 0 fully saturated rings. The number of allylic oxidation sites excluding steroid dienone is 1. The van der Waals surface area contributed by atoms with Crippen LogP contribution in [0.5, 0.6) is 0 Å². The number of carbonyl (C=O) groups is 1. The molecule has 0 aliphatic carbocycles. The number of hydrogen-bond donors (Lipinski definition) is 1. The molecule has 1 N–H and O–H groups in total. The first-order valence-electron chi connectivity index (χ1n) is 5.94. The predicted molar refractivity (Wildman–Crippen MR) is 77.5 cm³/mol. The van der Waals surface area contributed by atoms with Gasteiger partial charge >= 0.3 is 0 Å². The van der Waals surface area contributed by atoms with Gasteiger partial charge in [0.1, 0.15) is 0 Å². The van der Waals surface area contributed by atoms with Crippen LogP contribution >= 0.6 is 0 Å². The zero-order valence-corrected chi connectivity index (χ0v) is 10.3. The van der Waals surface area contributed by atoms with Crippen LogP contribution < -0.4 is 5.32 Å². The maximum Gasteiger partial charge on any atom is 0.230 e. The molecule has 2 nitrogen and oxygen atoms in total. The van der Waals surface area contributed by atoms with Crippen molar-refractivity contribution < 1.29 is 4.79 Å². The van der Waals surface area contributed by atoms with E-state index in [2.05, 4.69) is 17.2 Å². The van der Waals surface area contributed by atoms with Crippen LogP contribution in [0.4, 0.5) is 5.69 Å². The largest absolute Gasteiger partial charge is 0.362 e. The van der Waals surface area contributed by atoms with E-state index in [1.165, 1.54) is 6.08 Å². The van der Waals surface area contributed by atoms with Gasteiger partial charge in [0, 0.05) is 23.5 Å². The minimum Gasteiger partial charge on any atom is -0.362 e. The van der Waals surface area contributed by atoms with Crippen molar-refractivity contribution in [3.63, 3.8) is 0 Å². The zero-order chi connectivity index (χ0) is 13.3. The molecule has 0 amide bonds.